The summed E-state index contributed by atoms with van der Waals surface area (Å²) < 4.78 is 2.20. The van der Waals surface area contributed by atoms with E-state index in [2.05, 4.69) is 32.0 Å². The van der Waals surface area contributed by atoms with E-state index in [4.69, 9.17) is 0 Å². The van der Waals surface area contributed by atoms with Gasteiger partial charge in [-0.15, -0.1) is 21.5 Å². The van der Waals surface area contributed by atoms with Gasteiger partial charge < -0.3 is 9.88 Å². The molecule has 2 aromatic rings. The molecule has 15 heavy (non-hydrogen) atoms. The Morgan fingerprint density at radius 3 is 3.27 bits per heavy atom. The number of hydrogen-bond acceptors (Lipinski definition) is 5. The van der Waals surface area contributed by atoms with Crippen molar-refractivity contribution < 1.29 is 0 Å². The van der Waals surface area contributed by atoms with Gasteiger partial charge in [0.25, 0.3) is 0 Å². The number of aromatic nitrogens is 4. The van der Waals surface area contributed by atoms with Crippen molar-refractivity contribution >= 4 is 11.3 Å². The zero-order chi connectivity index (χ0) is 10.3. The summed E-state index contributed by atoms with van der Waals surface area (Å²) in [5.74, 6) is 1.96. The fourth-order valence-corrected chi connectivity index (χ4v) is 2.49. The summed E-state index contributed by atoms with van der Waals surface area (Å²) in [6.07, 6.45) is 1.84. The molecule has 3 heterocycles. The van der Waals surface area contributed by atoms with Crippen LogP contribution in [0.4, 0.5) is 0 Å². The van der Waals surface area contributed by atoms with Crippen molar-refractivity contribution in [1.82, 2.24) is 25.1 Å². The van der Waals surface area contributed by atoms with E-state index in [0.29, 0.717) is 6.04 Å². The highest BCUT2D eigenvalue weighted by molar-refractivity contribution is 7.13. The number of nitrogens with one attached hydrogen (secondary N) is 1. The van der Waals surface area contributed by atoms with E-state index < -0.39 is 0 Å². The molecular formula is C9H11N5S. The van der Waals surface area contributed by atoms with Crippen molar-refractivity contribution in [3.8, 4) is 10.7 Å². The van der Waals surface area contributed by atoms with Crippen molar-refractivity contribution in [3.63, 3.8) is 0 Å². The van der Waals surface area contributed by atoms with Gasteiger partial charge in [0.1, 0.15) is 5.82 Å². The molecule has 5 nitrogen and oxygen atoms in total. The normalized spacial score (nSPS) is 20.2. The minimum absolute atomic E-state index is 0.404. The fourth-order valence-electron chi connectivity index (χ4n) is 1.89. The highest BCUT2D eigenvalue weighted by Crippen LogP contribution is 2.26. The molecule has 6 heteroatoms. The van der Waals surface area contributed by atoms with Gasteiger partial charge in [-0.1, -0.05) is 0 Å². The summed E-state index contributed by atoms with van der Waals surface area (Å²) in [5, 5.41) is 11.7. The Morgan fingerprint density at radius 1 is 1.53 bits per heavy atom. The Labute approximate surface area is 91.2 Å². The highest BCUT2D eigenvalue weighted by atomic mass is 32.1. The van der Waals surface area contributed by atoms with Crippen LogP contribution >= 0.6 is 11.3 Å². The molecule has 1 atom stereocenters. The maximum absolute atomic E-state index is 4.23. The average molecular weight is 221 g/mol. The lowest BCUT2D eigenvalue weighted by Gasteiger charge is -2.22. The third kappa shape index (κ3) is 1.37. The first-order chi connectivity index (χ1) is 7.36. The van der Waals surface area contributed by atoms with E-state index in [1.807, 2.05) is 11.7 Å². The molecule has 0 radical (unpaired) electrons. The number of fused-ring (bicyclic) bond motifs is 1. The molecule has 0 saturated carbocycles. The summed E-state index contributed by atoms with van der Waals surface area (Å²) in [7, 11) is 0. The van der Waals surface area contributed by atoms with Crippen LogP contribution in [0.25, 0.3) is 10.7 Å². The third-order valence-corrected chi connectivity index (χ3v) is 3.35. The Balaban J connectivity index is 2.14. The Hall–Kier alpha value is -1.27. The highest BCUT2D eigenvalue weighted by Gasteiger charge is 2.22. The van der Waals surface area contributed by atoms with Gasteiger partial charge in [0, 0.05) is 18.8 Å². The van der Waals surface area contributed by atoms with E-state index in [0.717, 1.165) is 29.6 Å². The Kier molecular flexibility index (Phi) is 2.03. The van der Waals surface area contributed by atoms with E-state index in [1.54, 1.807) is 11.3 Å². The van der Waals surface area contributed by atoms with E-state index in [1.165, 1.54) is 0 Å². The second-order valence-electron chi connectivity index (χ2n) is 3.66. The van der Waals surface area contributed by atoms with Crippen molar-refractivity contribution in [2.75, 3.05) is 6.54 Å². The molecule has 0 aliphatic carbocycles. The van der Waals surface area contributed by atoms with Gasteiger partial charge in [0.05, 0.1) is 16.9 Å². The lowest BCUT2D eigenvalue weighted by atomic mass is 10.2. The molecule has 0 bridgehead atoms. The van der Waals surface area contributed by atoms with Gasteiger partial charge in [0.15, 0.2) is 5.82 Å². The van der Waals surface area contributed by atoms with E-state index >= 15 is 0 Å². The number of thiazole rings is 1. The molecule has 0 saturated heterocycles. The third-order valence-electron chi connectivity index (χ3n) is 2.58. The smallest absolute Gasteiger partial charge is 0.176 e. The van der Waals surface area contributed by atoms with Gasteiger partial charge in [-0.05, 0) is 6.92 Å². The molecule has 1 aliphatic heterocycles. The largest absolute Gasteiger partial charge is 0.308 e. The van der Waals surface area contributed by atoms with Crippen molar-refractivity contribution in [3.05, 3.63) is 17.5 Å². The standard InChI is InChI=1S/C9H11N5S/c1-6-2-10-4-8-12-13-9(14(6)8)7-3-11-5-15-7/h3,5-6,10H,2,4H2,1H3. The molecule has 78 valence electrons. The zero-order valence-electron chi connectivity index (χ0n) is 8.34. The number of nitrogens with zero attached hydrogens (tertiary/aromatic N) is 4. The van der Waals surface area contributed by atoms with Crippen LogP contribution in [0.2, 0.25) is 0 Å². The summed E-state index contributed by atoms with van der Waals surface area (Å²) in [6.45, 7) is 3.94. The monoisotopic (exact) mass is 221 g/mol. The molecule has 0 spiro atoms. The molecule has 1 aliphatic rings. The SMILES string of the molecule is CC1CNCc2nnc(-c3cncs3)n21. The molecule has 1 unspecified atom stereocenters. The van der Waals surface area contributed by atoms with Crippen LogP contribution in [0.15, 0.2) is 11.7 Å². The van der Waals surface area contributed by atoms with Crippen molar-refractivity contribution in [2.45, 2.75) is 19.5 Å². The van der Waals surface area contributed by atoms with Crippen LogP contribution < -0.4 is 5.32 Å². The molecule has 3 rings (SSSR count). The lowest BCUT2D eigenvalue weighted by Crippen LogP contribution is -2.31. The van der Waals surface area contributed by atoms with Gasteiger partial charge in [0.2, 0.25) is 0 Å². The van der Waals surface area contributed by atoms with Crippen LogP contribution in [0.5, 0.6) is 0 Å². The molecule has 0 fully saturated rings. The topological polar surface area (TPSA) is 55.6 Å². The van der Waals surface area contributed by atoms with Gasteiger partial charge in [-0.3, -0.25) is 4.98 Å². The molecule has 2 aromatic heterocycles. The Morgan fingerprint density at radius 2 is 2.47 bits per heavy atom. The molecule has 0 amide bonds. The first-order valence-corrected chi connectivity index (χ1v) is 5.77. The van der Waals surface area contributed by atoms with Crippen LogP contribution in [0.3, 0.4) is 0 Å². The van der Waals surface area contributed by atoms with E-state index in [-0.39, 0.29) is 0 Å². The van der Waals surface area contributed by atoms with Crippen molar-refractivity contribution in [1.29, 1.82) is 0 Å². The van der Waals surface area contributed by atoms with Crippen LogP contribution in [0.1, 0.15) is 18.8 Å². The van der Waals surface area contributed by atoms with Gasteiger partial charge in [-0.25, -0.2) is 0 Å². The second kappa shape index (κ2) is 3.39. The van der Waals surface area contributed by atoms with Crippen molar-refractivity contribution in [2.24, 2.45) is 0 Å². The average Bonchev–Trinajstić information content (AvgIpc) is 2.85. The molecule has 0 aromatic carbocycles. The summed E-state index contributed by atoms with van der Waals surface area (Å²) in [4.78, 5) is 5.16. The number of hydrogen-bond donors (Lipinski definition) is 1. The minimum Gasteiger partial charge on any atom is -0.308 e. The predicted octanol–water partition coefficient (Wildman–Crippen LogP) is 1.07. The second-order valence-corrected chi connectivity index (χ2v) is 4.54. The number of rotatable bonds is 1. The zero-order valence-corrected chi connectivity index (χ0v) is 9.16. The first-order valence-electron chi connectivity index (χ1n) is 4.89. The molecule has 1 N–H and O–H groups in total. The summed E-state index contributed by atoms with van der Waals surface area (Å²) in [6, 6.07) is 0.404. The van der Waals surface area contributed by atoms with Gasteiger partial charge >= 0.3 is 0 Å². The predicted molar refractivity (Wildman–Crippen MR) is 57.5 cm³/mol. The first kappa shape index (κ1) is 8.99. The summed E-state index contributed by atoms with van der Waals surface area (Å²) >= 11 is 1.60. The maximum atomic E-state index is 4.23. The van der Waals surface area contributed by atoms with Crippen LogP contribution in [-0.4, -0.2) is 26.3 Å². The van der Waals surface area contributed by atoms with Crippen LogP contribution in [-0.2, 0) is 6.54 Å². The van der Waals surface area contributed by atoms with E-state index in [9.17, 15) is 0 Å². The minimum atomic E-state index is 0.404. The molecular weight excluding hydrogens is 210 g/mol. The summed E-state index contributed by atoms with van der Waals surface area (Å²) in [5.41, 5.74) is 1.82. The maximum Gasteiger partial charge on any atom is 0.176 e. The quantitative estimate of drug-likeness (QED) is 0.782. The lowest BCUT2D eigenvalue weighted by molar-refractivity contribution is 0.425. The van der Waals surface area contributed by atoms with Gasteiger partial charge in [-0.2, -0.15) is 0 Å². The van der Waals surface area contributed by atoms with Crippen LogP contribution in [0, 0.1) is 0 Å². The fraction of sp³-hybridized carbons (Fsp3) is 0.444. The Bertz CT molecular complexity index is 461.